The van der Waals surface area contributed by atoms with Gasteiger partial charge in [0, 0.05) is 29.6 Å². The lowest BCUT2D eigenvalue weighted by molar-refractivity contribution is -0.147. The van der Waals surface area contributed by atoms with Gasteiger partial charge in [0.1, 0.15) is 11.6 Å². The van der Waals surface area contributed by atoms with Crippen molar-refractivity contribution in [3.8, 4) is 0 Å². The maximum absolute atomic E-state index is 13.1. The Morgan fingerprint density at radius 3 is 2.38 bits per heavy atom. The van der Waals surface area contributed by atoms with E-state index >= 15 is 0 Å². The first-order valence-electron chi connectivity index (χ1n) is 9.15. The second-order valence-electron chi connectivity index (χ2n) is 6.77. The van der Waals surface area contributed by atoms with Crippen LogP contribution in [-0.2, 0) is 26.9 Å². The molecule has 0 aliphatic rings. The largest absolute Gasteiger partial charge is 0.456 e. The molecule has 1 amide bonds. The highest BCUT2D eigenvalue weighted by Crippen LogP contribution is 2.27. The summed E-state index contributed by atoms with van der Waals surface area (Å²) in [4.78, 5) is 31.1. The van der Waals surface area contributed by atoms with Crippen molar-refractivity contribution in [1.82, 2.24) is 19.6 Å². The first-order valence-corrected chi connectivity index (χ1v) is 9.15. The Balaban J connectivity index is 1.60. The van der Waals surface area contributed by atoms with Crippen molar-refractivity contribution in [2.75, 3.05) is 11.9 Å². The van der Waals surface area contributed by atoms with Gasteiger partial charge in [0.2, 0.25) is 0 Å². The van der Waals surface area contributed by atoms with Gasteiger partial charge in [-0.15, -0.1) is 5.10 Å². The van der Waals surface area contributed by atoms with Gasteiger partial charge in [0.05, 0.1) is 0 Å². The monoisotopic (exact) mass is 457 g/mol. The molecule has 0 aliphatic carbocycles. The molecule has 8 nitrogen and oxygen atoms in total. The number of esters is 1. The van der Waals surface area contributed by atoms with Crippen molar-refractivity contribution >= 4 is 23.3 Å². The van der Waals surface area contributed by atoms with Crippen molar-refractivity contribution in [3.05, 3.63) is 52.6 Å². The average Bonchev–Trinajstić information content (AvgIpc) is 3.10. The molecule has 1 aromatic carbocycles. The number of rotatable bonds is 6. The Morgan fingerprint density at radius 2 is 1.75 bits per heavy atom. The molecule has 170 valence electrons. The molecule has 0 saturated heterocycles. The van der Waals surface area contributed by atoms with E-state index in [-0.39, 0.29) is 24.3 Å². The van der Waals surface area contributed by atoms with Crippen molar-refractivity contribution in [1.29, 1.82) is 0 Å². The summed E-state index contributed by atoms with van der Waals surface area (Å²) < 4.78 is 70.6. The lowest BCUT2D eigenvalue weighted by atomic mass is 10.1. The topological polar surface area (TPSA) is 98.5 Å². The number of carbonyl (C=O) groups excluding carboxylic acids is 2. The van der Waals surface area contributed by atoms with E-state index in [0.29, 0.717) is 23.0 Å². The van der Waals surface area contributed by atoms with Gasteiger partial charge in [-0.05, 0) is 38.0 Å². The second-order valence-corrected chi connectivity index (χ2v) is 6.77. The van der Waals surface area contributed by atoms with Crippen molar-refractivity contribution in [2.24, 2.45) is 0 Å². The average molecular weight is 457 g/mol. The Kier molecular flexibility index (Phi) is 6.37. The van der Waals surface area contributed by atoms with E-state index in [1.807, 2.05) is 0 Å². The quantitative estimate of drug-likeness (QED) is 0.451. The molecule has 0 spiro atoms. The zero-order chi connectivity index (χ0) is 23.6. The number of alkyl halides is 3. The van der Waals surface area contributed by atoms with E-state index in [2.05, 4.69) is 20.4 Å². The highest BCUT2D eigenvalue weighted by atomic mass is 19.4. The van der Waals surface area contributed by atoms with Crippen molar-refractivity contribution in [2.45, 2.75) is 32.9 Å². The number of aryl methyl sites for hydroxylation is 2. The van der Waals surface area contributed by atoms with E-state index in [9.17, 15) is 31.5 Å². The number of anilines is 1. The first-order chi connectivity index (χ1) is 14.9. The molecule has 0 bridgehead atoms. The maximum atomic E-state index is 13.1. The molecule has 32 heavy (non-hydrogen) atoms. The van der Waals surface area contributed by atoms with Crippen LogP contribution in [0.5, 0.6) is 0 Å². The second kappa shape index (κ2) is 8.85. The number of carbonyl (C=O) groups is 2. The van der Waals surface area contributed by atoms with Gasteiger partial charge >= 0.3 is 12.1 Å². The fraction of sp³-hybridized carbons (Fsp3) is 0.316. The third kappa shape index (κ3) is 5.34. The summed E-state index contributed by atoms with van der Waals surface area (Å²) in [5, 5.41) is 5.61. The number of nitrogens with one attached hydrogen (secondary N) is 1. The fourth-order valence-corrected chi connectivity index (χ4v) is 2.96. The number of hydrogen-bond acceptors (Lipinski definition) is 6. The van der Waals surface area contributed by atoms with Gasteiger partial charge in [-0.1, -0.05) is 0 Å². The lowest BCUT2D eigenvalue weighted by Gasteiger charge is -2.10. The third-order valence-corrected chi connectivity index (χ3v) is 4.39. The predicted octanol–water partition coefficient (Wildman–Crippen LogP) is 3.15. The van der Waals surface area contributed by atoms with Gasteiger partial charge in [-0.3, -0.25) is 9.59 Å². The molecular formula is C19H16F5N5O3. The lowest BCUT2D eigenvalue weighted by Crippen LogP contribution is -2.21. The minimum atomic E-state index is -4.73. The minimum absolute atomic E-state index is 0.0668. The van der Waals surface area contributed by atoms with Crippen LogP contribution in [0, 0.1) is 25.5 Å². The van der Waals surface area contributed by atoms with Crippen LogP contribution in [-0.4, -0.2) is 38.1 Å². The molecule has 0 radical (unpaired) electrons. The predicted molar refractivity (Wildman–Crippen MR) is 99.5 cm³/mol. The van der Waals surface area contributed by atoms with Gasteiger partial charge < -0.3 is 10.1 Å². The number of amides is 1. The van der Waals surface area contributed by atoms with Gasteiger partial charge in [0.25, 0.3) is 17.5 Å². The number of hydrogen-bond donors (Lipinski definition) is 1. The molecule has 1 N–H and O–H groups in total. The van der Waals surface area contributed by atoms with E-state index < -0.39 is 42.1 Å². The Labute approximate surface area is 177 Å². The van der Waals surface area contributed by atoms with Crippen LogP contribution in [0.2, 0.25) is 0 Å². The number of ether oxygens (including phenoxy) is 1. The van der Waals surface area contributed by atoms with Crippen molar-refractivity contribution < 1.29 is 36.3 Å². The highest BCUT2D eigenvalue weighted by molar-refractivity contribution is 5.92. The SMILES string of the molecule is Cc1nc2nc(C(F)(F)F)nn2c(C)c1CCC(=O)OCC(=O)Nc1cc(F)cc(F)c1. The number of halogens is 5. The number of benzene rings is 1. The number of fused-ring (bicyclic) bond motifs is 1. The van der Waals surface area contributed by atoms with E-state index in [4.69, 9.17) is 4.74 Å². The smallest absolute Gasteiger partial charge is 0.453 e. The summed E-state index contributed by atoms with van der Waals surface area (Å²) in [6.07, 6.45) is -4.86. The fourth-order valence-electron chi connectivity index (χ4n) is 2.96. The van der Waals surface area contributed by atoms with Gasteiger partial charge in [0.15, 0.2) is 6.61 Å². The highest BCUT2D eigenvalue weighted by Gasteiger charge is 2.37. The number of nitrogens with zero attached hydrogens (tertiary/aromatic N) is 4. The van der Waals surface area contributed by atoms with Crippen LogP contribution in [0.15, 0.2) is 18.2 Å². The summed E-state index contributed by atoms with van der Waals surface area (Å²) in [6.45, 7) is 2.38. The molecular weight excluding hydrogens is 441 g/mol. The molecule has 2 aromatic heterocycles. The zero-order valence-corrected chi connectivity index (χ0v) is 16.8. The summed E-state index contributed by atoms with van der Waals surface area (Å²) in [6, 6.07) is 2.42. The van der Waals surface area contributed by atoms with Crippen LogP contribution in [0.1, 0.15) is 29.2 Å². The van der Waals surface area contributed by atoms with Crippen LogP contribution in [0.3, 0.4) is 0 Å². The molecule has 13 heteroatoms. The standard InChI is InChI=1S/C19H16F5N5O3/c1-9-14(10(2)29-18(25-9)27-17(28-29)19(22,23)24)3-4-16(31)32-8-15(30)26-13-6-11(20)5-12(21)7-13/h5-7H,3-4,8H2,1-2H3,(H,26,30). The molecule has 0 unspecified atom stereocenters. The molecule has 0 saturated carbocycles. The van der Waals surface area contributed by atoms with Crippen LogP contribution in [0.4, 0.5) is 27.6 Å². The van der Waals surface area contributed by atoms with Crippen molar-refractivity contribution in [3.63, 3.8) is 0 Å². The summed E-state index contributed by atoms with van der Waals surface area (Å²) >= 11 is 0. The van der Waals surface area contributed by atoms with E-state index in [1.165, 1.54) is 6.92 Å². The number of aromatic nitrogens is 4. The van der Waals surface area contributed by atoms with Crippen LogP contribution >= 0.6 is 0 Å². The van der Waals surface area contributed by atoms with Gasteiger partial charge in [-0.25, -0.2) is 18.3 Å². The molecule has 0 atom stereocenters. The molecule has 0 fully saturated rings. The Morgan fingerprint density at radius 1 is 1.09 bits per heavy atom. The molecule has 2 heterocycles. The first kappa shape index (κ1) is 23.0. The van der Waals surface area contributed by atoms with Gasteiger partial charge in [-0.2, -0.15) is 18.2 Å². The molecule has 0 aliphatic heterocycles. The summed E-state index contributed by atoms with van der Waals surface area (Å²) in [5.41, 5.74) is 1.04. The van der Waals surface area contributed by atoms with Crippen LogP contribution in [0.25, 0.3) is 5.78 Å². The third-order valence-electron chi connectivity index (χ3n) is 4.39. The Hall–Kier alpha value is -3.64. The maximum Gasteiger partial charge on any atom is 0.453 e. The molecule has 3 aromatic rings. The van der Waals surface area contributed by atoms with E-state index in [1.54, 1.807) is 6.92 Å². The van der Waals surface area contributed by atoms with Crippen LogP contribution < -0.4 is 5.32 Å². The Bertz CT molecular complexity index is 1170. The molecule has 3 rings (SSSR count). The summed E-state index contributed by atoms with van der Waals surface area (Å²) in [5.74, 6) is -4.89. The normalized spacial score (nSPS) is 11.6. The van der Waals surface area contributed by atoms with E-state index in [0.717, 1.165) is 16.6 Å². The minimum Gasteiger partial charge on any atom is -0.456 e. The zero-order valence-electron chi connectivity index (χ0n) is 16.8. The summed E-state index contributed by atoms with van der Waals surface area (Å²) in [7, 11) is 0.